The van der Waals surface area contributed by atoms with Crippen molar-refractivity contribution in [1.29, 1.82) is 0 Å². The van der Waals surface area contributed by atoms with Gasteiger partial charge in [-0.05, 0) is 17.8 Å². The quantitative estimate of drug-likeness (QED) is 0.487. The van der Waals surface area contributed by atoms with Gasteiger partial charge in [-0.25, -0.2) is 0 Å². The van der Waals surface area contributed by atoms with Crippen molar-refractivity contribution < 1.29 is 0 Å². The smallest absolute Gasteiger partial charge is 0.0471 e. The summed E-state index contributed by atoms with van der Waals surface area (Å²) in [5.74, 6) is 2.61. The van der Waals surface area contributed by atoms with Crippen LogP contribution in [-0.4, -0.2) is 0 Å². The highest BCUT2D eigenvalue weighted by atomic mass is 14.0. The average molecular weight is 277 g/mol. The molecule has 0 aromatic carbocycles. The maximum atomic E-state index is 2.28. The van der Waals surface area contributed by atoms with Gasteiger partial charge in [0.05, 0.1) is 0 Å². The Morgan fingerprint density at radius 1 is 0.526 bits per heavy atom. The molecule has 0 amide bonds. The molecule has 0 saturated carbocycles. The van der Waals surface area contributed by atoms with E-state index in [2.05, 4.69) is 62.3 Å². The van der Waals surface area contributed by atoms with Crippen molar-refractivity contribution in [2.75, 3.05) is 0 Å². The molecule has 0 atom stereocenters. The first kappa shape index (κ1) is 31.4. The Morgan fingerprint density at radius 2 is 0.632 bits per heavy atom. The molecule has 0 N–H and O–H groups in total. The minimum Gasteiger partial charge on any atom is -0.0683 e. The molecule has 0 bridgehead atoms. The summed E-state index contributed by atoms with van der Waals surface area (Å²) in [6.07, 6.45) is 4.02. The Balaban J connectivity index is -0.0000000504. The van der Waals surface area contributed by atoms with Gasteiger partial charge in [-0.15, -0.1) is 0 Å². The zero-order valence-corrected chi connectivity index (χ0v) is 16.9. The van der Waals surface area contributed by atoms with Crippen LogP contribution in [0.5, 0.6) is 0 Å². The van der Waals surface area contributed by atoms with Crippen LogP contribution >= 0.6 is 0 Å². The summed E-state index contributed by atoms with van der Waals surface area (Å²) in [5, 5.41) is 0. The van der Waals surface area contributed by atoms with Crippen LogP contribution < -0.4 is 0 Å². The summed E-state index contributed by atoms with van der Waals surface area (Å²) in [6.45, 7) is 27.9. The van der Waals surface area contributed by atoms with Crippen LogP contribution in [0.15, 0.2) is 0 Å². The van der Waals surface area contributed by atoms with Gasteiger partial charge in [0.2, 0.25) is 0 Å². The Bertz CT molecular complexity index is 69.3. The monoisotopic (exact) mass is 276 g/mol. The first-order valence-electron chi connectivity index (χ1n) is 8.77. The maximum Gasteiger partial charge on any atom is -0.0471 e. The molecular formula is C19H48. The fourth-order valence-corrected chi connectivity index (χ4v) is 0.667. The van der Waals surface area contributed by atoms with Crippen molar-refractivity contribution in [1.82, 2.24) is 0 Å². The lowest BCUT2D eigenvalue weighted by Gasteiger charge is -2.05. The SMILES string of the molecule is CC.CC.CC(C)C.CC(C)CCC(C)C.CCC. The third-order valence-electron chi connectivity index (χ3n) is 1.32. The van der Waals surface area contributed by atoms with Crippen LogP contribution in [0.2, 0.25) is 0 Å². The van der Waals surface area contributed by atoms with Crippen LogP contribution in [0.3, 0.4) is 0 Å². The van der Waals surface area contributed by atoms with Crippen molar-refractivity contribution >= 4 is 0 Å². The van der Waals surface area contributed by atoms with E-state index in [0.717, 1.165) is 17.8 Å². The van der Waals surface area contributed by atoms with Crippen LogP contribution in [0.1, 0.15) is 109 Å². The lowest BCUT2D eigenvalue weighted by molar-refractivity contribution is 0.476. The number of rotatable bonds is 3. The predicted molar refractivity (Wildman–Crippen MR) is 98.1 cm³/mol. The van der Waals surface area contributed by atoms with Crippen LogP contribution in [-0.2, 0) is 0 Å². The zero-order chi connectivity index (χ0) is 16.9. The third kappa shape index (κ3) is 184. The Hall–Kier alpha value is 0. The standard InChI is InChI=1S/C8H18.C4H10.C3H8.2C2H6/c1-7(2)5-6-8(3)4;1-4(2)3;1-3-2;2*1-2/h7-8H,5-6H2,1-4H3;4H,1-3H3;3H2,1-2H3;2*1-2H3. The fraction of sp³-hybridized carbons (Fsp3) is 1.00. The van der Waals surface area contributed by atoms with E-state index in [1.54, 1.807) is 0 Å². The summed E-state index contributed by atoms with van der Waals surface area (Å²) in [5.41, 5.74) is 0. The van der Waals surface area contributed by atoms with E-state index in [-0.39, 0.29) is 0 Å². The number of hydrogen-bond acceptors (Lipinski definition) is 0. The van der Waals surface area contributed by atoms with Gasteiger partial charge in [-0.1, -0.05) is 109 Å². The number of hydrogen-bond donors (Lipinski definition) is 0. The predicted octanol–water partition coefficient (Wildman–Crippen LogP) is 8.21. The van der Waals surface area contributed by atoms with Crippen molar-refractivity contribution in [3.63, 3.8) is 0 Å². The zero-order valence-electron chi connectivity index (χ0n) is 16.9. The summed E-state index contributed by atoms with van der Waals surface area (Å²) in [4.78, 5) is 0. The molecule has 124 valence electrons. The highest BCUT2D eigenvalue weighted by Crippen LogP contribution is 2.09. The first-order chi connectivity index (χ1) is 8.77. The molecule has 0 nitrogen and oxygen atoms in total. The van der Waals surface area contributed by atoms with Gasteiger partial charge in [-0.2, -0.15) is 0 Å². The lowest BCUT2D eigenvalue weighted by Crippen LogP contribution is -1.91. The van der Waals surface area contributed by atoms with E-state index in [9.17, 15) is 0 Å². The summed E-state index contributed by atoms with van der Waals surface area (Å²) in [7, 11) is 0. The van der Waals surface area contributed by atoms with Gasteiger partial charge in [0.15, 0.2) is 0 Å². The van der Waals surface area contributed by atoms with E-state index in [1.807, 2.05) is 27.7 Å². The summed E-state index contributed by atoms with van der Waals surface area (Å²) < 4.78 is 0. The Kier molecular flexibility index (Phi) is 59.7. The Labute approximate surface area is 127 Å². The Morgan fingerprint density at radius 3 is 0.684 bits per heavy atom. The van der Waals surface area contributed by atoms with Crippen molar-refractivity contribution in [2.24, 2.45) is 17.8 Å². The maximum absolute atomic E-state index is 2.28. The van der Waals surface area contributed by atoms with Gasteiger partial charge in [0, 0.05) is 0 Å². The second kappa shape index (κ2) is 36.1. The van der Waals surface area contributed by atoms with Gasteiger partial charge < -0.3 is 0 Å². The van der Waals surface area contributed by atoms with E-state index < -0.39 is 0 Å². The molecule has 0 rings (SSSR count). The van der Waals surface area contributed by atoms with E-state index in [1.165, 1.54) is 19.3 Å². The molecule has 0 aromatic rings. The second-order valence-corrected chi connectivity index (χ2v) is 5.80. The third-order valence-corrected chi connectivity index (χ3v) is 1.32. The second-order valence-electron chi connectivity index (χ2n) is 5.80. The molecule has 0 unspecified atom stereocenters. The van der Waals surface area contributed by atoms with Crippen molar-refractivity contribution in [3.05, 3.63) is 0 Å². The van der Waals surface area contributed by atoms with Gasteiger partial charge in [0.25, 0.3) is 0 Å². The molecule has 0 heterocycles. The van der Waals surface area contributed by atoms with Gasteiger partial charge >= 0.3 is 0 Å². The van der Waals surface area contributed by atoms with Crippen LogP contribution in [0.4, 0.5) is 0 Å². The fourth-order valence-electron chi connectivity index (χ4n) is 0.667. The average Bonchev–Trinajstić information content (AvgIpc) is 2.32. The molecule has 0 spiro atoms. The molecule has 19 heavy (non-hydrogen) atoms. The van der Waals surface area contributed by atoms with Crippen LogP contribution in [0.25, 0.3) is 0 Å². The molecular weight excluding hydrogens is 228 g/mol. The van der Waals surface area contributed by atoms with E-state index in [0.29, 0.717) is 0 Å². The first-order valence-corrected chi connectivity index (χ1v) is 8.77. The normalized spacial score (nSPS) is 8.21. The molecule has 0 heteroatoms. The molecule has 0 aliphatic rings. The van der Waals surface area contributed by atoms with E-state index >= 15 is 0 Å². The highest BCUT2D eigenvalue weighted by molar-refractivity contribution is 4.48. The van der Waals surface area contributed by atoms with Crippen molar-refractivity contribution in [2.45, 2.75) is 109 Å². The van der Waals surface area contributed by atoms with Crippen molar-refractivity contribution in [3.8, 4) is 0 Å². The molecule has 0 radical (unpaired) electrons. The molecule has 0 saturated heterocycles. The summed E-state index contributed by atoms with van der Waals surface area (Å²) >= 11 is 0. The molecule has 0 aromatic heterocycles. The van der Waals surface area contributed by atoms with Gasteiger partial charge in [0.1, 0.15) is 0 Å². The molecule has 0 aliphatic carbocycles. The van der Waals surface area contributed by atoms with Crippen LogP contribution in [0, 0.1) is 17.8 Å². The minimum absolute atomic E-state index is 0.833. The highest BCUT2D eigenvalue weighted by Gasteiger charge is 1.95. The van der Waals surface area contributed by atoms with E-state index in [4.69, 9.17) is 0 Å². The minimum atomic E-state index is 0.833. The molecule has 0 fully saturated rings. The summed E-state index contributed by atoms with van der Waals surface area (Å²) in [6, 6.07) is 0. The largest absolute Gasteiger partial charge is 0.0683 e. The lowest BCUT2D eigenvalue weighted by atomic mass is 10.0. The van der Waals surface area contributed by atoms with Gasteiger partial charge in [-0.3, -0.25) is 0 Å². The topological polar surface area (TPSA) is 0 Å². The molecule has 0 aliphatic heterocycles.